The minimum atomic E-state index is -0.227. The van der Waals surface area contributed by atoms with Gasteiger partial charge >= 0.3 is 0 Å². The summed E-state index contributed by atoms with van der Waals surface area (Å²) in [6.45, 7) is 2.69. The predicted octanol–water partition coefficient (Wildman–Crippen LogP) is 2.68. The Morgan fingerprint density at radius 2 is 2.29 bits per heavy atom. The average molecular weight is 257 g/mol. The molecule has 0 fully saturated rings. The number of hydrogen-bond donors (Lipinski definition) is 2. The fourth-order valence-corrected chi connectivity index (χ4v) is 1.41. The number of anilines is 2. The molecule has 1 rings (SSSR count). The standard InChI is InChI=1S/C12H17ClN2O2/c1-2-3-6-17-8-12(16)15-11-7-9(13)4-5-10(11)14/h4-5,7H,2-3,6,8,14H2,1H3,(H,15,16). The quantitative estimate of drug-likeness (QED) is 0.608. The molecule has 0 aliphatic carbocycles. The number of rotatable bonds is 6. The Labute approximate surface area is 106 Å². The van der Waals surface area contributed by atoms with Crippen molar-refractivity contribution in [3.05, 3.63) is 23.2 Å². The number of benzene rings is 1. The summed E-state index contributed by atoms with van der Waals surface area (Å²) in [5, 5.41) is 3.18. The molecule has 0 spiro atoms. The third-order valence-corrected chi connectivity index (χ3v) is 2.40. The molecule has 0 saturated carbocycles. The first-order chi connectivity index (χ1) is 8.13. The summed E-state index contributed by atoms with van der Waals surface area (Å²) in [5.41, 5.74) is 6.70. The molecule has 0 heterocycles. The Balaban J connectivity index is 2.42. The van der Waals surface area contributed by atoms with Crippen LogP contribution in [-0.2, 0) is 9.53 Å². The van der Waals surface area contributed by atoms with E-state index in [2.05, 4.69) is 12.2 Å². The molecule has 0 aromatic heterocycles. The van der Waals surface area contributed by atoms with Gasteiger partial charge in [-0.05, 0) is 24.6 Å². The fraction of sp³-hybridized carbons (Fsp3) is 0.417. The molecule has 4 nitrogen and oxygen atoms in total. The van der Waals surface area contributed by atoms with Crippen LogP contribution in [0.1, 0.15) is 19.8 Å². The zero-order valence-corrected chi connectivity index (χ0v) is 10.6. The van der Waals surface area contributed by atoms with Gasteiger partial charge in [0, 0.05) is 11.6 Å². The van der Waals surface area contributed by atoms with Gasteiger partial charge in [-0.1, -0.05) is 24.9 Å². The van der Waals surface area contributed by atoms with Crippen LogP contribution in [0.4, 0.5) is 11.4 Å². The van der Waals surface area contributed by atoms with Crippen molar-refractivity contribution in [1.29, 1.82) is 0 Å². The van der Waals surface area contributed by atoms with Gasteiger partial charge < -0.3 is 15.8 Å². The first-order valence-corrected chi connectivity index (χ1v) is 5.94. The highest BCUT2D eigenvalue weighted by Gasteiger charge is 2.05. The molecule has 0 aliphatic rings. The lowest BCUT2D eigenvalue weighted by Gasteiger charge is -2.08. The van der Waals surface area contributed by atoms with Crippen LogP contribution >= 0.6 is 11.6 Å². The Morgan fingerprint density at radius 1 is 1.53 bits per heavy atom. The number of nitrogens with one attached hydrogen (secondary N) is 1. The maximum atomic E-state index is 11.5. The first kappa shape index (κ1) is 13.8. The lowest BCUT2D eigenvalue weighted by molar-refractivity contribution is -0.120. The molecular formula is C12H17ClN2O2. The first-order valence-electron chi connectivity index (χ1n) is 5.56. The van der Waals surface area contributed by atoms with Crippen molar-refractivity contribution in [2.75, 3.05) is 24.3 Å². The average Bonchev–Trinajstić information content (AvgIpc) is 2.29. The largest absolute Gasteiger partial charge is 0.397 e. The lowest BCUT2D eigenvalue weighted by Crippen LogP contribution is -2.19. The highest BCUT2D eigenvalue weighted by atomic mass is 35.5. The van der Waals surface area contributed by atoms with Crippen molar-refractivity contribution >= 4 is 28.9 Å². The topological polar surface area (TPSA) is 64.3 Å². The maximum Gasteiger partial charge on any atom is 0.250 e. The molecule has 17 heavy (non-hydrogen) atoms. The van der Waals surface area contributed by atoms with Crippen LogP contribution in [0.3, 0.4) is 0 Å². The number of amides is 1. The van der Waals surface area contributed by atoms with Gasteiger partial charge in [0.05, 0.1) is 11.4 Å². The Bertz CT molecular complexity index is 383. The van der Waals surface area contributed by atoms with Gasteiger partial charge in [0.2, 0.25) is 5.91 Å². The number of nitrogen functional groups attached to an aromatic ring is 1. The molecular weight excluding hydrogens is 240 g/mol. The number of hydrogen-bond acceptors (Lipinski definition) is 3. The zero-order valence-electron chi connectivity index (χ0n) is 9.83. The van der Waals surface area contributed by atoms with Gasteiger partial charge in [-0.2, -0.15) is 0 Å². The number of carbonyl (C=O) groups excluding carboxylic acids is 1. The van der Waals surface area contributed by atoms with Crippen LogP contribution in [0.2, 0.25) is 5.02 Å². The minimum absolute atomic E-state index is 0.0337. The summed E-state index contributed by atoms with van der Waals surface area (Å²) in [7, 11) is 0. The van der Waals surface area contributed by atoms with Crippen molar-refractivity contribution in [2.24, 2.45) is 0 Å². The molecule has 0 bridgehead atoms. The molecule has 5 heteroatoms. The van der Waals surface area contributed by atoms with Gasteiger partial charge in [-0.3, -0.25) is 4.79 Å². The minimum Gasteiger partial charge on any atom is -0.397 e. The molecule has 0 saturated heterocycles. The Kier molecular flexibility index (Phi) is 5.80. The third kappa shape index (κ3) is 5.06. The van der Waals surface area contributed by atoms with Gasteiger partial charge in [-0.15, -0.1) is 0 Å². The van der Waals surface area contributed by atoms with Crippen molar-refractivity contribution in [1.82, 2.24) is 0 Å². The smallest absolute Gasteiger partial charge is 0.250 e. The summed E-state index contributed by atoms with van der Waals surface area (Å²) in [5.74, 6) is -0.227. The predicted molar refractivity (Wildman–Crippen MR) is 70.2 cm³/mol. The molecule has 0 aliphatic heterocycles. The number of halogens is 1. The normalized spacial score (nSPS) is 10.2. The highest BCUT2D eigenvalue weighted by Crippen LogP contribution is 2.22. The third-order valence-electron chi connectivity index (χ3n) is 2.16. The summed E-state index contributed by atoms with van der Waals surface area (Å²) in [6, 6.07) is 4.93. The molecule has 1 amide bonds. The van der Waals surface area contributed by atoms with E-state index < -0.39 is 0 Å². The molecule has 3 N–H and O–H groups in total. The van der Waals surface area contributed by atoms with Crippen LogP contribution in [-0.4, -0.2) is 19.1 Å². The second kappa shape index (κ2) is 7.14. The van der Waals surface area contributed by atoms with E-state index in [4.69, 9.17) is 22.1 Å². The van der Waals surface area contributed by atoms with E-state index in [0.29, 0.717) is 23.0 Å². The van der Waals surface area contributed by atoms with E-state index in [9.17, 15) is 4.79 Å². The molecule has 1 aromatic carbocycles. The summed E-state index contributed by atoms with van der Waals surface area (Å²) in [6.07, 6.45) is 2.00. The van der Waals surface area contributed by atoms with Crippen LogP contribution < -0.4 is 11.1 Å². The molecule has 0 atom stereocenters. The van der Waals surface area contributed by atoms with Crippen molar-refractivity contribution in [2.45, 2.75) is 19.8 Å². The number of unbranched alkanes of at least 4 members (excludes halogenated alkanes) is 1. The van der Waals surface area contributed by atoms with Crippen LogP contribution in [0.25, 0.3) is 0 Å². The van der Waals surface area contributed by atoms with Crippen LogP contribution in [0.5, 0.6) is 0 Å². The summed E-state index contributed by atoms with van der Waals surface area (Å²) < 4.78 is 5.19. The van der Waals surface area contributed by atoms with Gasteiger partial charge in [-0.25, -0.2) is 0 Å². The van der Waals surface area contributed by atoms with Crippen molar-refractivity contribution in [3.8, 4) is 0 Å². The maximum absolute atomic E-state index is 11.5. The molecule has 1 aromatic rings. The lowest BCUT2D eigenvalue weighted by atomic mass is 10.2. The molecule has 0 unspecified atom stereocenters. The van der Waals surface area contributed by atoms with Crippen LogP contribution in [0.15, 0.2) is 18.2 Å². The SMILES string of the molecule is CCCCOCC(=O)Nc1cc(Cl)ccc1N. The van der Waals surface area contributed by atoms with E-state index in [1.54, 1.807) is 18.2 Å². The number of ether oxygens (including phenoxy) is 1. The Hall–Kier alpha value is -1.26. The van der Waals surface area contributed by atoms with Gasteiger partial charge in [0.15, 0.2) is 0 Å². The second-order valence-corrected chi connectivity index (χ2v) is 4.12. The second-order valence-electron chi connectivity index (χ2n) is 3.69. The van der Waals surface area contributed by atoms with Gasteiger partial charge in [0.1, 0.15) is 6.61 Å². The summed E-state index contributed by atoms with van der Waals surface area (Å²) >= 11 is 5.81. The number of carbonyl (C=O) groups is 1. The van der Waals surface area contributed by atoms with Crippen molar-refractivity contribution < 1.29 is 9.53 Å². The monoisotopic (exact) mass is 256 g/mol. The van der Waals surface area contributed by atoms with E-state index in [1.807, 2.05) is 0 Å². The highest BCUT2D eigenvalue weighted by molar-refractivity contribution is 6.31. The van der Waals surface area contributed by atoms with E-state index in [0.717, 1.165) is 12.8 Å². The Morgan fingerprint density at radius 3 is 3.00 bits per heavy atom. The summed E-state index contributed by atoms with van der Waals surface area (Å²) in [4.78, 5) is 11.5. The van der Waals surface area contributed by atoms with Crippen LogP contribution in [0, 0.1) is 0 Å². The molecule has 0 radical (unpaired) electrons. The fourth-order valence-electron chi connectivity index (χ4n) is 1.23. The van der Waals surface area contributed by atoms with E-state index in [-0.39, 0.29) is 12.5 Å². The number of nitrogens with two attached hydrogens (primary N) is 1. The molecule has 94 valence electrons. The van der Waals surface area contributed by atoms with E-state index >= 15 is 0 Å². The van der Waals surface area contributed by atoms with Gasteiger partial charge in [0.25, 0.3) is 0 Å². The van der Waals surface area contributed by atoms with E-state index in [1.165, 1.54) is 0 Å². The zero-order chi connectivity index (χ0) is 12.7. The van der Waals surface area contributed by atoms with Crippen molar-refractivity contribution in [3.63, 3.8) is 0 Å².